The van der Waals surface area contributed by atoms with Crippen LogP contribution in [0.4, 0.5) is 0 Å². The molecule has 1 N–H and O–H groups in total. The molecule has 174 valence electrons. The Morgan fingerprint density at radius 3 is 2.22 bits per heavy atom. The van der Waals surface area contributed by atoms with Gasteiger partial charge < -0.3 is 10.2 Å². The van der Waals surface area contributed by atoms with Gasteiger partial charge in [0.2, 0.25) is 11.8 Å². The van der Waals surface area contributed by atoms with E-state index in [0.717, 1.165) is 17.5 Å². The van der Waals surface area contributed by atoms with Crippen LogP contribution in [0.15, 0.2) is 42.5 Å². The fourth-order valence-corrected chi connectivity index (χ4v) is 4.43. The summed E-state index contributed by atoms with van der Waals surface area (Å²) in [6, 6.07) is 12.3. The number of nitrogens with one attached hydrogen (secondary N) is 1. The molecule has 0 radical (unpaired) electrons. The molecule has 0 aliphatic carbocycles. The van der Waals surface area contributed by atoms with E-state index in [2.05, 4.69) is 5.32 Å². The molecule has 0 bridgehead atoms. The number of nitrogens with zero attached hydrogens (tertiary/aromatic N) is 1. The fraction of sp³-hybridized carbons (Fsp3) is 0.417. The van der Waals surface area contributed by atoms with E-state index < -0.39 is 6.04 Å². The molecule has 2 atom stereocenters. The lowest BCUT2D eigenvalue weighted by molar-refractivity contribution is -0.139. The number of halogens is 3. The summed E-state index contributed by atoms with van der Waals surface area (Å²) < 4.78 is 0. The first-order chi connectivity index (χ1) is 15.2. The molecule has 0 unspecified atom stereocenters. The van der Waals surface area contributed by atoms with Crippen molar-refractivity contribution in [1.29, 1.82) is 0 Å². The molecule has 0 saturated carbocycles. The van der Waals surface area contributed by atoms with E-state index in [-0.39, 0.29) is 30.2 Å². The smallest absolute Gasteiger partial charge is 0.243 e. The van der Waals surface area contributed by atoms with Gasteiger partial charge in [0.25, 0.3) is 0 Å². The third-order valence-corrected chi connectivity index (χ3v) is 7.11. The van der Waals surface area contributed by atoms with Gasteiger partial charge in [-0.3, -0.25) is 9.59 Å². The van der Waals surface area contributed by atoms with E-state index >= 15 is 0 Å². The molecule has 4 nitrogen and oxygen atoms in total. The number of carbonyl (C=O) groups excluding carboxylic acids is 2. The van der Waals surface area contributed by atoms with Crippen LogP contribution in [-0.4, -0.2) is 34.6 Å². The maximum absolute atomic E-state index is 13.2. The van der Waals surface area contributed by atoms with E-state index in [4.69, 9.17) is 34.8 Å². The first-order valence-corrected chi connectivity index (χ1v) is 12.9. The average molecular weight is 516 g/mol. The molecule has 2 rings (SSSR count). The quantitative estimate of drug-likeness (QED) is 0.367. The number of rotatable bonds is 11. The minimum absolute atomic E-state index is 0.0396. The molecule has 32 heavy (non-hydrogen) atoms. The normalized spacial score (nSPS) is 12.8. The van der Waals surface area contributed by atoms with Crippen molar-refractivity contribution >= 4 is 58.4 Å². The van der Waals surface area contributed by atoms with Gasteiger partial charge in [0.1, 0.15) is 6.04 Å². The Morgan fingerprint density at radius 2 is 1.62 bits per heavy atom. The van der Waals surface area contributed by atoms with Crippen molar-refractivity contribution in [1.82, 2.24) is 10.2 Å². The van der Waals surface area contributed by atoms with Crippen LogP contribution in [-0.2, 0) is 21.9 Å². The number of benzene rings is 2. The van der Waals surface area contributed by atoms with E-state index in [9.17, 15) is 9.59 Å². The lowest BCUT2D eigenvalue weighted by Crippen LogP contribution is -2.51. The molecule has 0 fully saturated rings. The van der Waals surface area contributed by atoms with E-state index in [1.807, 2.05) is 51.1 Å². The molecule has 2 aromatic rings. The molecule has 0 saturated heterocycles. The van der Waals surface area contributed by atoms with E-state index in [0.29, 0.717) is 27.2 Å². The van der Waals surface area contributed by atoms with Gasteiger partial charge in [0.15, 0.2) is 0 Å². The summed E-state index contributed by atoms with van der Waals surface area (Å²) in [6.07, 6.45) is 1.33. The first kappa shape index (κ1) is 26.8. The van der Waals surface area contributed by atoms with E-state index in [1.165, 1.54) is 11.8 Å². The zero-order chi connectivity index (χ0) is 23.7. The third kappa shape index (κ3) is 8.18. The van der Waals surface area contributed by atoms with Gasteiger partial charge in [-0.15, -0.1) is 11.8 Å². The second kappa shape index (κ2) is 13.3. The molecular weight excluding hydrogens is 487 g/mol. The maximum atomic E-state index is 13.2. The highest BCUT2D eigenvalue weighted by Crippen LogP contribution is 2.25. The number of hydrogen-bond acceptors (Lipinski definition) is 3. The topological polar surface area (TPSA) is 49.4 Å². The summed E-state index contributed by atoms with van der Waals surface area (Å²) in [5.74, 6) is 0.704. The second-order valence-electron chi connectivity index (χ2n) is 7.63. The Bertz CT molecular complexity index is 909. The van der Waals surface area contributed by atoms with Crippen LogP contribution in [0.5, 0.6) is 0 Å². The van der Waals surface area contributed by atoms with Crippen LogP contribution >= 0.6 is 46.6 Å². The van der Waals surface area contributed by atoms with Crippen LogP contribution in [0.2, 0.25) is 15.1 Å². The Kier molecular flexibility index (Phi) is 11.2. The second-order valence-corrected chi connectivity index (χ2v) is 9.87. The molecule has 0 spiro atoms. The standard InChI is InChI=1S/C24H29Cl3N2O2S/c1-4-16(3)28-24(31)22(5-2)29(13-18-8-11-20(26)21(27)12-18)23(30)15-32-14-17-6-9-19(25)10-7-17/h6-12,16,22H,4-5,13-15H2,1-3H3,(H,28,31)/t16-,22+/m0/s1. The number of carbonyl (C=O) groups is 2. The summed E-state index contributed by atoms with van der Waals surface area (Å²) in [7, 11) is 0. The highest BCUT2D eigenvalue weighted by molar-refractivity contribution is 7.99. The van der Waals surface area contributed by atoms with Crippen molar-refractivity contribution in [2.75, 3.05) is 5.75 Å². The lowest BCUT2D eigenvalue weighted by Gasteiger charge is -2.31. The van der Waals surface area contributed by atoms with Crippen molar-refractivity contribution in [2.45, 2.75) is 58.0 Å². The first-order valence-electron chi connectivity index (χ1n) is 10.6. The highest BCUT2D eigenvalue weighted by Gasteiger charge is 2.29. The Balaban J connectivity index is 2.16. The third-order valence-electron chi connectivity index (χ3n) is 5.13. The minimum Gasteiger partial charge on any atom is -0.352 e. The Morgan fingerprint density at radius 1 is 0.969 bits per heavy atom. The van der Waals surface area contributed by atoms with Crippen molar-refractivity contribution in [3.63, 3.8) is 0 Å². The largest absolute Gasteiger partial charge is 0.352 e. The SMILES string of the molecule is CC[C@H](C(=O)N[C@@H](C)CC)N(Cc1ccc(Cl)c(Cl)c1)C(=O)CSCc1ccc(Cl)cc1. The number of amides is 2. The average Bonchev–Trinajstić information content (AvgIpc) is 2.77. The lowest BCUT2D eigenvalue weighted by atomic mass is 10.1. The van der Waals surface area contributed by atoms with Gasteiger partial charge in [-0.25, -0.2) is 0 Å². The summed E-state index contributed by atoms with van der Waals surface area (Å²) >= 11 is 19.7. The van der Waals surface area contributed by atoms with Crippen LogP contribution in [0, 0.1) is 0 Å². The van der Waals surface area contributed by atoms with Crippen molar-refractivity contribution in [3.05, 3.63) is 68.7 Å². The summed E-state index contributed by atoms with van der Waals surface area (Å²) in [6.45, 7) is 6.16. The van der Waals surface area contributed by atoms with Gasteiger partial charge in [-0.2, -0.15) is 0 Å². The van der Waals surface area contributed by atoms with Crippen LogP contribution < -0.4 is 5.32 Å². The molecule has 0 aliphatic heterocycles. The van der Waals surface area contributed by atoms with Gasteiger partial charge >= 0.3 is 0 Å². The van der Waals surface area contributed by atoms with Crippen molar-refractivity contribution < 1.29 is 9.59 Å². The maximum Gasteiger partial charge on any atom is 0.243 e. The zero-order valence-corrected chi connectivity index (χ0v) is 21.6. The fourth-order valence-electron chi connectivity index (χ4n) is 3.12. The number of hydrogen-bond donors (Lipinski definition) is 1. The van der Waals surface area contributed by atoms with Gasteiger partial charge in [-0.05, 0) is 55.2 Å². The van der Waals surface area contributed by atoms with Crippen molar-refractivity contribution in [2.24, 2.45) is 0 Å². The predicted octanol–water partition coefficient (Wildman–Crippen LogP) is 6.60. The minimum atomic E-state index is -0.568. The van der Waals surface area contributed by atoms with Gasteiger partial charge in [-0.1, -0.05) is 66.8 Å². The summed E-state index contributed by atoms with van der Waals surface area (Å²) in [5.41, 5.74) is 1.91. The van der Waals surface area contributed by atoms with Gasteiger partial charge in [0.05, 0.1) is 15.8 Å². The molecule has 2 amide bonds. The van der Waals surface area contributed by atoms with Crippen LogP contribution in [0.25, 0.3) is 0 Å². The zero-order valence-electron chi connectivity index (χ0n) is 18.5. The molecule has 8 heteroatoms. The van der Waals surface area contributed by atoms with Crippen molar-refractivity contribution in [3.8, 4) is 0 Å². The monoisotopic (exact) mass is 514 g/mol. The highest BCUT2D eigenvalue weighted by atomic mass is 35.5. The molecule has 0 heterocycles. The molecular formula is C24H29Cl3N2O2S. The van der Waals surface area contributed by atoms with Gasteiger partial charge in [0, 0.05) is 23.4 Å². The molecule has 0 aliphatic rings. The van der Waals surface area contributed by atoms with E-state index in [1.54, 1.807) is 17.0 Å². The molecule has 2 aromatic carbocycles. The van der Waals surface area contributed by atoms with Crippen LogP contribution in [0.3, 0.4) is 0 Å². The van der Waals surface area contributed by atoms with Crippen LogP contribution in [0.1, 0.15) is 44.7 Å². The summed E-state index contributed by atoms with van der Waals surface area (Å²) in [5, 5.41) is 4.57. The Labute approximate surface area is 210 Å². The Hall–Kier alpha value is -1.40. The number of thioether (sulfide) groups is 1. The molecule has 0 aromatic heterocycles. The predicted molar refractivity (Wildman–Crippen MR) is 137 cm³/mol. The summed E-state index contributed by atoms with van der Waals surface area (Å²) in [4.78, 5) is 27.9.